The summed E-state index contributed by atoms with van der Waals surface area (Å²) in [6.45, 7) is 7.15. The largest absolute Gasteiger partial charge is 0.483 e. The Morgan fingerprint density at radius 2 is 1.62 bits per heavy atom. The minimum Gasteiger partial charge on any atom is -0.483 e. The molecule has 0 aromatic heterocycles. The molecule has 0 aliphatic heterocycles. The molecule has 2 aromatic carbocycles. The topological polar surface area (TPSA) is 21.3 Å². The summed E-state index contributed by atoms with van der Waals surface area (Å²) in [5, 5.41) is 4.13. The number of para-hydroxylation sites is 1. The van der Waals surface area contributed by atoms with Crippen LogP contribution in [-0.2, 0) is 0 Å². The fourth-order valence-corrected chi connectivity index (χ4v) is 2.17. The first-order chi connectivity index (χ1) is 9.96. The molecule has 0 saturated heterocycles. The maximum absolute atomic E-state index is 6.20. The van der Waals surface area contributed by atoms with Crippen LogP contribution in [-0.4, -0.2) is 12.1 Å². The summed E-state index contributed by atoms with van der Waals surface area (Å²) in [4.78, 5) is 0. The SMILES string of the molecule is CC(C)(C)NCC(Oc1ccccc1Cl)c1ccccc1. The Balaban J connectivity index is 2.18. The van der Waals surface area contributed by atoms with Gasteiger partial charge >= 0.3 is 0 Å². The van der Waals surface area contributed by atoms with Crippen LogP contribution >= 0.6 is 11.6 Å². The maximum Gasteiger partial charge on any atom is 0.138 e. The number of hydrogen-bond donors (Lipinski definition) is 1. The van der Waals surface area contributed by atoms with Gasteiger partial charge in [-0.15, -0.1) is 0 Å². The van der Waals surface area contributed by atoms with E-state index in [0.29, 0.717) is 10.8 Å². The normalized spacial score (nSPS) is 13.0. The summed E-state index contributed by atoms with van der Waals surface area (Å²) in [6, 6.07) is 17.8. The zero-order chi connectivity index (χ0) is 15.3. The summed E-state index contributed by atoms with van der Waals surface area (Å²) in [5.74, 6) is 0.712. The average Bonchev–Trinajstić information content (AvgIpc) is 2.45. The number of rotatable bonds is 5. The molecule has 1 N–H and O–H groups in total. The van der Waals surface area contributed by atoms with Gasteiger partial charge in [0, 0.05) is 12.1 Å². The van der Waals surface area contributed by atoms with Crippen LogP contribution in [0.4, 0.5) is 0 Å². The highest BCUT2D eigenvalue weighted by Crippen LogP contribution is 2.28. The Morgan fingerprint density at radius 3 is 2.24 bits per heavy atom. The Kier molecular flexibility index (Phi) is 5.27. The van der Waals surface area contributed by atoms with Crippen LogP contribution in [0.2, 0.25) is 5.02 Å². The summed E-state index contributed by atoms with van der Waals surface area (Å²) >= 11 is 6.20. The molecule has 3 heteroatoms. The van der Waals surface area contributed by atoms with Crippen LogP contribution in [0, 0.1) is 0 Å². The Labute approximate surface area is 132 Å². The van der Waals surface area contributed by atoms with Crippen molar-refractivity contribution in [1.29, 1.82) is 0 Å². The van der Waals surface area contributed by atoms with Gasteiger partial charge in [-0.25, -0.2) is 0 Å². The number of hydrogen-bond acceptors (Lipinski definition) is 2. The van der Waals surface area contributed by atoms with Crippen molar-refractivity contribution < 1.29 is 4.74 Å². The van der Waals surface area contributed by atoms with Gasteiger partial charge in [0.1, 0.15) is 11.9 Å². The standard InChI is InChI=1S/C18H22ClNO/c1-18(2,3)20-13-17(14-9-5-4-6-10-14)21-16-12-8-7-11-15(16)19/h4-12,17,20H,13H2,1-3H3. The van der Waals surface area contributed by atoms with Crippen molar-refractivity contribution in [3.05, 3.63) is 65.2 Å². The number of halogens is 1. The van der Waals surface area contributed by atoms with E-state index in [2.05, 4.69) is 38.2 Å². The lowest BCUT2D eigenvalue weighted by Crippen LogP contribution is -2.39. The maximum atomic E-state index is 6.20. The Bertz CT molecular complexity index is 563. The second-order valence-electron chi connectivity index (χ2n) is 6.08. The van der Waals surface area contributed by atoms with Crippen LogP contribution < -0.4 is 10.1 Å². The van der Waals surface area contributed by atoms with Gasteiger partial charge in [0.25, 0.3) is 0 Å². The van der Waals surface area contributed by atoms with Crippen molar-refractivity contribution in [2.24, 2.45) is 0 Å². The van der Waals surface area contributed by atoms with Gasteiger partial charge in [0.05, 0.1) is 5.02 Å². The van der Waals surface area contributed by atoms with E-state index < -0.39 is 0 Å². The second kappa shape index (κ2) is 6.97. The molecule has 0 aliphatic rings. The predicted octanol–water partition coefficient (Wildman–Crippen LogP) is 4.85. The molecule has 2 aromatic rings. The molecule has 2 nitrogen and oxygen atoms in total. The van der Waals surface area contributed by atoms with Crippen molar-refractivity contribution in [2.75, 3.05) is 6.54 Å². The fourth-order valence-electron chi connectivity index (χ4n) is 1.99. The Morgan fingerprint density at radius 1 is 1.00 bits per heavy atom. The average molecular weight is 304 g/mol. The predicted molar refractivity (Wildman–Crippen MR) is 89.0 cm³/mol. The minimum atomic E-state index is -0.0784. The van der Waals surface area contributed by atoms with Crippen LogP contribution in [0.1, 0.15) is 32.4 Å². The third-order valence-corrected chi connectivity index (χ3v) is 3.41. The zero-order valence-electron chi connectivity index (χ0n) is 12.8. The third-order valence-electron chi connectivity index (χ3n) is 3.10. The van der Waals surface area contributed by atoms with E-state index in [-0.39, 0.29) is 11.6 Å². The quantitative estimate of drug-likeness (QED) is 0.852. The van der Waals surface area contributed by atoms with Crippen LogP contribution in [0.5, 0.6) is 5.75 Å². The molecule has 112 valence electrons. The minimum absolute atomic E-state index is 0.0386. The van der Waals surface area contributed by atoms with E-state index in [0.717, 1.165) is 12.1 Å². The summed E-state index contributed by atoms with van der Waals surface area (Å²) in [5.41, 5.74) is 1.17. The van der Waals surface area contributed by atoms with E-state index in [1.807, 2.05) is 42.5 Å². The highest BCUT2D eigenvalue weighted by molar-refractivity contribution is 6.32. The summed E-state index contributed by atoms with van der Waals surface area (Å²) < 4.78 is 6.13. The van der Waals surface area contributed by atoms with Crippen molar-refractivity contribution >= 4 is 11.6 Å². The van der Waals surface area contributed by atoms with Crippen molar-refractivity contribution in [3.8, 4) is 5.75 Å². The fraction of sp³-hybridized carbons (Fsp3) is 0.333. The van der Waals surface area contributed by atoms with E-state index in [1.165, 1.54) is 0 Å². The molecule has 0 saturated carbocycles. The van der Waals surface area contributed by atoms with Gasteiger partial charge in [0.2, 0.25) is 0 Å². The third kappa shape index (κ3) is 5.07. The van der Waals surface area contributed by atoms with E-state index >= 15 is 0 Å². The lowest BCUT2D eigenvalue weighted by Gasteiger charge is -2.26. The lowest BCUT2D eigenvalue weighted by atomic mass is 10.1. The van der Waals surface area contributed by atoms with Gasteiger partial charge < -0.3 is 10.1 Å². The number of benzene rings is 2. The van der Waals surface area contributed by atoms with Crippen molar-refractivity contribution in [2.45, 2.75) is 32.4 Å². The molecule has 0 radical (unpaired) electrons. The molecule has 0 amide bonds. The van der Waals surface area contributed by atoms with Crippen molar-refractivity contribution in [1.82, 2.24) is 5.32 Å². The Hall–Kier alpha value is -1.51. The molecule has 0 bridgehead atoms. The molecular formula is C18H22ClNO. The highest BCUT2D eigenvalue weighted by Gasteiger charge is 2.18. The smallest absolute Gasteiger partial charge is 0.138 e. The van der Waals surface area contributed by atoms with Crippen molar-refractivity contribution in [3.63, 3.8) is 0 Å². The monoisotopic (exact) mass is 303 g/mol. The molecule has 0 aliphatic carbocycles. The second-order valence-corrected chi connectivity index (χ2v) is 6.49. The first-order valence-electron chi connectivity index (χ1n) is 7.17. The number of nitrogens with one attached hydrogen (secondary N) is 1. The van der Waals surface area contributed by atoms with E-state index in [1.54, 1.807) is 0 Å². The molecular weight excluding hydrogens is 282 g/mol. The first kappa shape index (κ1) is 15.9. The van der Waals surface area contributed by atoms with Gasteiger partial charge in [-0.05, 0) is 38.5 Å². The lowest BCUT2D eigenvalue weighted by molar-refractivity contribution is 0.188. The number of ether oxygens (including phenoxy) is 1. The van der Waals surface area contributed by atoms with Gasteiger partial charge in [-0.1, -0.05) is 54.1 Å². The highest BCUT2D eigenvalue weighted by atomic mass is 35.5. The summed E-state index contributed by atoms with van der Waals surface area (Å²) in [7, 11) is 0. The first-order valence-corrected chi connectivity index (χ1v) is 7.55. The molecule has 0 spiro atoms. The van der Waals surface area contributed by atoms with Crippen LogP contribution in [0.3, 0.4) is 0 Å². The van der Waals surface area contributed by atoms with Gasteiger partial charge in [-0.3, -0.25) is 0 Å². The van der Waals surface area contributed by atoms with E-state index in [9.17, 15) is 0 Å². The summed E-state index contributed by atoms with van der Waals surface area (Å²) in [6.07, 6.45) is -0.0784. The molecule has 1 unspecified atom stereocenters. The van der Waals surface area contributed by atoms with Crippen LogP contribution in [0.15, 0.2) is 54.6 Å². The van der Waals surface area contributed by atoms with Crippen LogP contribution in [0.25, 0.3) is 0 Å². The van der Waals surface area contributed by atoms with E-state index in [4.69, 9.17) is 16.3 Å². The van der Waals surface area contributed by atoms with Gasteiger partial charge in [0.15, 0.2) is 0 Å². The molecule has 0 fully saturated rings. The van der Waals surface area contributed by atoms with Gasteiger partial charge in [-0.2, -0.15) is 0 Å². The molecule has 0 heterocycles. The zero-order valence-corrected chi connectivity index (χ0v) is 13.5. The molecule has 1 atom stereocenters. The molecule has 2 rings (SSSR count). The molecule has 21 heavy (non-hydrogen) atoms.